The number of hydrogen-bond acceptors (Lipinski definition) is 2. The fourth-order valence-electron chi connectivity index (χ4n) is 2.56. The van der Waals surface area contributed by atoms with Crippen LogP contribution < -0.4 is 19.8 Å². The summed E-state index contributed by atoms with van der Waals surface area (Å²) in [6.45, 7) is 13.7. The second-order valence-corrected chi connectivity index (χ2v) is 20.0. The Bertz CT molecular complexity index is 770. The van der Waals surface area contributed by atoms with Gasteiger partial charge in [0, 0.05) is 0 Å². The second-order valence-electron chi connectivity index (χ2n) is 8.39. The highest BCUT2D eigenvalue weighted by atomic mass is 35.5. The van der Waals surface area contributed by atoms with Crippen molar-refractivity contribution in [3.8, 4) is 11.5 Å². The zero-order valence-electron chi connectivity index (χ0n) is 17.6. The van der Waals surface area contributed by atoms with Crippen LogP contribution in [0.5, 0.6) is 11.5 Å². The van der Waals surface area contributed by atoms with Crippen molar-refractivity contribution in [3.05, 3.63) is 44.4 Å². The van der Waals surface area contributed by atoms with Crippen molar-refractivity contribution >= 4 is 72.9 Å². The number of halogens is 4. The molecule has 28 heavy (non-hydrogen) atoms. The monoisotopic (exact) mass is 496 g/mol. The third-order valence-electron chi connectivity index (χ3n) is 4.10. The van der Waals surface area contributed by atoms with Crippen LogP contribution in [0, 0.1) is 0 Å². The van der Waals surface area contributed by atoms with Gasteiger partial charge >= 0.3 is 0 Å². The van der Waals surface area contributed by atoms with Crippen LogP contribution in [0.15, 0.2) is 24.3 Å². The minimum absolute atomic E-state index is 0.533. The van der Waals surface area contributed by atoms with E-state index in [9.17, 15) is 0 Å². The van der Waals surface area contributed by atoms with E-state index in [0.29, 0.717) is 31.6 Å². The van der Waals surface area contributed by atoms with E-state index in [0.717, 1.165) is 0 Å². The number of hydrogen-bond donors (Lipinski definition) is 0. The Balaban J connectivity index is 0.000000330. The summed E-state index contributed by atoms with van der Waals surface area (Å²) in [5, 5.41) is 4.95. The Morgan fingerprint density at radius 3 is 1.25 bits per heavy atom. The Morgan fingerprint density at radius 2 is 1.00 bits per heavy atom. The summed E-state index contributed by atoms with van der Waals surface area (Å²) in [5.74, 6) is 1.18. The lowest BCUT2D eigenvalue weighted by Crippen LogP contribution is -2.46. The number of para-hydroxylation sites is 1. The molecule has 0 atom stereocenters. The first-order valence-corrected chi connectivity index (χ1v) is 17.3. The molecule has 0 radical (unpaired) electrons. The third-order valence-corrected chi connectivity index (χ3v) is 9.79. The number of benzene rings is 2. The van der Waals surface area contributed by atoms with Crippen molar-refractivity contribution < 1.29 is 9.47 Å². The van der Waals surface area contributed by atoms with Gasteiger partial charge in [0.25, 0.3) is 0 Å². The highest BCUT2D eigenvalue weighted by molar-refractivity contribution is 6.93. The van der Waals surface area contributed by atoms with Crippen molar-refractivity contribution in [2.24, 2.45) is 0 Å². The molecule has 0 unspecified atom stereocenters. The molecule has 2 rings (SSSR count). The van der Waals surface area contributed by atoms with Crippen molar-refractivity contribution in [2.75, 3.05) is 14.2 Å². The molecule has 2 aromatic rings. The summed E-state index contributed by atoms with van der Waals surface area (Å²) in [4.78, 5) is 0. The molecule has 156 valence electrons. The maximum atomic E-state index is 6.46. The van der Waals surface area contributed by atoms with E-state index in [-0.39, 0.29) is 0 Å². The molecular weight excluding hydrogens is 470 g/mol. The third kappa shape index (κ3) is 6.31. The molecule has 0 fully saturated rings. The van der Waals surface area contributed by atoms with Crippen LogP contribution in [0.4, 0.5) is 0 Å². The number of methoxy groups -OCH3 is 2. The average Bonchev–Trinajstić information content (AvgIpc) is 2.53. The first-order chi connectivity index (χ1) is 12.8. The zero-order valence-corrected chi connectivity index (χ0v) is 22.7. The zero-order chi connectivity index (χ0) is 21.9. The van der Waals surface area contributed by atoms with Crippen molar-refractivity contribution in [3.63, 3.8) is 0 Å². The van der Waals surface area contributed by atoms with E-state index in [1.165, 1.54) is 17.5 Å². The quantitative estimate of drug-likeness (QED) is 0.419. The van der Waals surface area contributed by atoms with Crippen LogP contribution >= 0.6 is 46.4 Å². The van der Waals surface area contributed by atoms with Gasteiger partial charge in [-0.05, 0) is 22.5 Å². The van der Waals surface area contributed by atoms with E-state index < -0.39 is 16.1 Å². The van der Waals surface area contributed by atoms with Crippen molar-refractivity contribution in [2.45, 2.75) is 39.3 Å². The first-order valence-electron chi connectivity index (χ1n) is 8.80. The van der Waals surface area contributed by atoms with Gasteiger partial charge in [-0.3, -0.25) is 0 Å². The fourth-order valence-corrected chi connectivity index (χ4v) is 8.16. The smallest absolute Gasteiger partial charge is 0.156 e. The minimum atomic E-state index is -1.51. The van der Waals surface area contributed by atoms with Gasteiger partial charge in [0.15, 0.2) is 11.5 Å². The summed E-state index contributed by atoms with van der Waals surface area (Å²) in [7, 11) is 0.155. The van der Waals surface area contributed by atoms with Crippen molar-refractivity contribution in [1.29, 1.82) is 0 Å². The molecule has 0 aromatic heterocycles. The van der Waals surface area contributed by atoms with Gasteiger partial charge in [-0.25, -0.2) is 0 Å². The maximum Gasteiger partial charge on any atom is 0.156 e. The largest absolute Gasteiger partial charge is 0.494 e. The fraction of sp³-hybridized carbons (Fsp3) is 0.400. The normalized spacial score (nSPS) is 11.6. The predicted molar refractivity (Wildman–Crippen MR) is 132 cm³/mol. The molecule has 0 aliphatic heterocycles. The van der Waals surface area contributed by atoms with Gasteiger partial charge in [-0.1, -0.05) is 97.8 Å². The molecule has 0 aliphatic rings. The number of ether oxygens (including phenoxy) is 2. The molecule has 2 nitrogen and oxygen atoms in total. The minimum Gasteiger partial charge on any atom is -0.494 e. The summed E-state index contributed by atoms with van der Waals surface area (Å²) in [6.07, 6.45) is 0. The molecule has 0 heterocycles. The Labute approximate surface area is 191 Å². The molecule has 0 N–H and O–H groups in total. The van der Waals surface area contributed by atoms with Gasteiger partial charge in [-0.2, -0.15) is 0 Å². The molecule has 0 aliphatic carbocycles. The highest BCUT2D eigenvalue weighted by Crippen LogP contribution is 2.33. The topological polar surface area (TPSA) is 18.5 Å². The van der Waals surface area contributed by atoms with Crippen LogP contribution in [0.2, 0.25) is 59.4 Å². The van der Waals surface area contributed by atoms with Crippen LogP contribution in [0.3, 0.4) is 0 Å². The lowest BCUT2D eigenvalue weighted by molar-refractivity contribution is 0.415. The van der Waals surface area contributed by atoms with Crippen LogP contribution in [-0.4, -0.2) is 30.4 Å². The second kappa shape index (κ2) is 10.1. The molecule has 0 spiro atoms. The highest BCUT2D eigenvalue weighted by Gasteiger charge is 2.30. The molecule has 0 bridgehead atoms. The standard InChI is InChI=1S/C13H22Cl2OSi2.C7H6Cl2O/c1-16-13-11(14)9(17(2,3)4)8-10(12(13)15)18(5,6)7;1-10-7-5(8)3-2-4-6(7)9/h8H,1-7H3;2-4H,1H3. The van der Waals surface area contributed by atoms with E-state index in [4.69, 9.17) is 55.9 Å². The van der Waals surface area contributed by atoms with Crippen LogP contribution in [0.25, 0.3) is 0 Å². The van der Waals surface area contributed by atoms with Gasteiger partial charge < -0.3 is 9.47 Å². The lowest BCUT2D eigenvalue weighted by atomic mass is 10.3. The Kier molecular flexibility index (Phi) is 9.26. The van der Waals surface area contributed by atoms with Gasteiger partial charge in [0.1, 0.15) is 0 Å². The van der Waals surface area contributed by atoms with E-state index in [1.54, 1.807) is 25.3 Å². The van der Waals surface area contributed by atoms with Crippen LogP contribution in [0.1, 0.15) is 0 Å². The van der Waals surface area contributed by atoms with E-state index in [1.807, 2.05) is 0 Å². The maximum absolute atomic E-state index is 6.46. The predicted octanol–water partition coefficient (Wildman–Crippen LogP) is 7.09. The molecule has 0 saturated heterocycles. The van der Waals surface area contributed by atoms with Crippen molar-refractivity contribution in [1.82, 2.24) is 0 Å². The lowest BCUT2D eigenvalue weighted by Gasteiger charge is -2.26. The first kappa shape index (κ1) is 25.7. The summed E-state index contributed by atoms with van der Waals surface area (Å²) in [5.41, 5.74) is 0. The summed E-state index contributed by atoms with van der Waals surface area (Å²) in [6, 6.07) is 7.46. The molecular formula is C20H28Cl4O2Si2. The SMILES string of the molecule is COc1c(Cl)c([Si](C)(C)C)cc([Si](C)(C)C)c1Cl.COc1c(Cl)cccc1Cl. The average molecular weight is 498 g/mol. The Morgan fingerprint density at radius 1 is 0.643 bits per heavy atom. The van der Waals surface area contributed by atoms with E-state index in [2.05, 4.69) is 45.3 Å². The molecule has 8 heteroatoms. The van der Waals surface area contributed by atoms with E-state index >= 15 is 0 Å². The van der Waals surface area contributed by atoms with Gasteiger partial charge in [-0.15, -0.1) is 0 Å². The summed E-state index contributed by atoms with van der Waals surface area (Å²) < 4.78 is 10.3. The molecule has 0 saturated carbocycles. The Hall–Kier alpha value is -0.366. The van der Waals surface area contributed by atoms with Gasteiger partial charge in [0.2, 0.25) is 0 Å². The number of rotatable bonds is 4. The molecule has 2 aromatic carbocycles. The molecule has 0 amide bonds. The summed E-state index contributed by atoms with van der Waals surface area (Å²) >= 11 is 24.4. The van der Waals surface area contributed by atoms with Crippen LogP contribution in [-0.2, 0) is 0 Å². The van der Waals surface area contributed by atoms with Gasteiger partial charge in [0.05, 0.1) is 50.5 Å².